The lowest BCUT2D eigenvalue weighted by Gasteiger charge is -2.41. The Kier molecular flexibility index (Phi) is 6.72. The Balaban J connectivity index is 1.16. The lowest BCUT2D eigenvalue weighted by Crippen LogP contribution is -2.32. The molecule has 1 aliphatic rings. The number of para-hydroxylation sites is 4. The molecule has 0 radical (unpaired) electrons. The van der Waals surface area contributed by atoms with E-state index in [9.17, 15) is 0 Å². The fourth-order valence-corrected chi connectivity index (χ4v) is 10.3. The Hall–Kier alpha value is -7.76. The molecular formula is C55H36N4O. The number of rotatable bonds is 3. The molecule has 282 valence electrons. The lowest BCUT2D eigenvalue weighted by molar-refractivity contribution is 0.628. The zero-order chi connectivity index (χ0) is 39.7. The van der Waals surface area contributed by atoms with Gasteiger partial charge in [0.25, 0.3) is 0 Å². The third-order valence-corrected chi connectivity index (χ3v) is 12.9. The summed E-state index contributed by atoms with van der Waals surface area (Å²) in [5, 5.41) is 10.2. The van der Waals surface area contributed by atoms with Crippen LogP contribution in [0.15, 0.2) is 186 Å². The van der Waals surface area contributed by atoms with Crippen LogP contribution in [0.25, 0.3) is 93.1 Å². The summed E-state index contributed by atoms with van der Waals surface area (Å²) in [7, 11) is 0. The molecule has 13 rings (SSSR count). The third kappa shape index (κ3) is 4.46. The molecule has 0 bridgehead atoms. The van der Waals surface area contributed by atoms with E-state index in [1.807, 2.05) is 6.07 Å². The first-order valence-electron chi connectivity index (χ1n) is 20.6. The number of furan rings is 1. The fraction of sp³-hybridized carbons (Fsp3) is 0.0545. The van der Waals surface area contributed by atoms with Gasteiger partial charge >= 0.3 is 0 Å². The number of hydrogen-bond donors (Lipinski definition) is 0. The van der Waals surface area contributed by atoms with E-state index >= 15 is 0 Å². The molecule has 1 aliphatic heterocycles. The second-order valence-electron chi connectivity index (χ2n) is 16.5. The van der Waals surface area contributed by atoms with Gasteiger partial charge in [0.1, 0.15) is 5.58 Å². The van der Waals surface area contributed by atoms with Gasteiger partial charge in [-0.15, -0.1) is 0 Å². The van der Waals surface area contributed by atoms with E-state index in [1.165, 1.54) is 38.2 Å². The molecular weight excluding hydrogens is 733 g/mol. The van der Waals surface area contributed by atoms with Gasteiger partial charge in [0.2, 0.25) is 5.95 Å². The van der Waals surface area contributed by atoms with E-state index in [4.69, 9.17) is 14.4 Å². The van der Waals surface area contributed by atoms with Gasteiger partial charge in [-0.2, -0.15) is 0 Å². The molecule has 4 heterocycles. The Morgan fingerprint density at radius 3 is 2.07 bits per heavy atom. The van der Waals surface area contributed by atoms with Gasteiger partial charge in [-0.3, -0.25) is 4.90 Å². The minimum absolute atomic E-state index is 0.372. The SMILES string of the molecule is CC1(C)c2ccccc2N(c2nc(-c3ccc4c(c3)c3ccccc3n4-c3ccccc3)c3c(ccc4ccccc43)n2)c2c1c1ccccc1c1c2oc2ccccc21. The quantitative estimate of drug-likeness (QED) is 0.168. The maximum Gasteiger partial charge on any atom is 0.235 e. The Morgan fingerprint density at radius 1 is 0.517 bits per heavy atom. The van der Waals surface area contributed by atoms with Crippen LogP contribution in [-0.4, -0.2) is 14.5 Å². The van der Waals surface area contributed by atoms with Crippen molar-refractivity contribution in [3.63, 3.8) is 0 Å². The molecule has 60 heavy (non-hydrogen) atoms. The highest BCUT2D eigenvalue weighted by molar-refractivity contribution is 6.25. The molecule has 0 atom stereocenters. The first kappa shape index (κ1) is 33.2. The number of nitrogens with zero attached hydrogens (tertiary/aromatic N) is 4. The molecule has 12 aromatic rings. The van der Waals surface area contributed by atoms with Crippen LogP contribution >= 0.6 is 0 Å². The summed E-state index contributed by atoms with van der Waals surface area (Å²) in [5.74, 6) is 0.598. The summed E-state index contributed by atoms with van der Waals surface area (Å²) in [4.78, 5) is 13.6. The van der Waals surface area contributed by atoms with Crippen molar-refractivity contribution in [3.05, 3.63) is 193 Å². The van der Waals surface area contributed by atoms with Crippen molar-refractivity contribution in [2.45, 2.75) is 19.3 Å². The second-order valence-corrected chi connectivity index (χ2v) is 16.5. The van der Waals surface area contributed by atoms with Gasteiger partial charge in [0.15, 0.2) is 5.58 Å². The lowest BCUT2D eigenvalue weighted by atomic mass is 9.71. The first-order chi connectivity index (χ1) is 29.5. The monoisotopic (exact) mass is 768 g/mol. The number of aromatic nitrogens is 3. The Morgan fingerprint density at radius 2 is 1.20 bits per heavy atom. The van der Waals surface area contributed by atoms with E-state index in [-0.39, 0.29) is 5.41 Å². The molecule has 0 spiro atoms. The van der Waals surface area contributed by atoms with Crippen LogP contribution in [0.3, 0.4) is 0 Å². The van der Waals surface area contributed by atoms with Gasteiger partial charge < -0.3 is 8.98 Å². The van der Waals surface area contributed by atoms with Crippen LogP contribution in [0.1, 0.15) is 25.0 Å². The maximum absolute atomic E-state index is 7.01. The molecule has 0 saturated heterocycles. The van der Waals surface area contributed by atoms with Crippen molar-refractivity contribution in [2.24, 2.45) is 0 Å². The standard InChI is InChI=1S/C55H36N4O/c1-55(2)42-24-12-14-26-46(42)59(52-50(55)39-22-9-8-21-38(39)48-40-23-11-15-27-47(40)60-53(48)52)54-56-43-30-28-33-16-6-7-19-36(33)49(43)51(57-54)34-29-31-45-41(32-34)37-20-10-13-25-44(37)58(45)35-17-4-3-5-18-35/h3-32H,1-2H3. The molecule has 9 aromatic carbocycles. The zero-order valence-electron chi connectivity index (χ0n) is 33.0. The topological polar surface area (TPSA) is 47.1 Å². The van der Waals surface area contributed by atoms with Gasteiger partial charge in [-0.1, -0.05) is 147 Å². The summed E-state index contributed by atoms with van der Waals surface area (Å²) >= 11 is 0. The summed E-state index contributed by atoms with van der Waals surface area (Å²) in [6, 6.07) is 65.0. The van der Waals surface area contributed by atoms with E-state index in [0.717, 1.165) is 77.5 Å². The molecule has 0 aliphatic carbocycles. The Bertz CT molecular complexity index is 3760. The maximum atomic E-state index is 7.01. The van der Waals surface area contributed by atoms with Crippen LogP contribution in [0, 0.1) is 0 Å². The van der Waals surface area contributed by atoms with Gasteiger partial charge in [0.05, 0.1) is 33.6 Å². The fourth-order valence-electron chi connectivity index (χ4n) is 10.3. The average molecular weight is 769 g/mol. The van der Waals surface area contributed by atoms with Crippen LogP contribution < -0.4 is 4.90 Å². The highest BCUT2D eigenvalue weighted by Crippen LogP contribution is 2.57. The van der Waals surface area contributed by atoms with Crippen molar-refractivity contribution >= 4 is 93.5 Å². The van der Waals surface area contributed by atoms with E-state index in [1.54, 1.807) is 0 Å². The molecule has 0 saturated carbocycles. The van der Waals surface area contributed by atoms with E-state index in [0.29, 0.717) is 5.95 Å². The van der Waals surface area contributed by atoms with Gasteiger partial charge in [-0.25, -0.2) is 9.97 Å². The number of benzene rings is 9. The summed E-state index contributed by atoms with van der Waals surface area (Å²) in [6.45, 7) is 4.67. The summed E-state index contributed by atoms with van der Waals surface area (Å²) in [6.07, 6.45) is 0. The van der Waals surface area contributed by atoms with Crippen LogP contribution in [0.5, 0.6) is 0 Å². The largest absolute Gasteiger partial charge is 0.454 e. The molecule has 0 N–H and O–H groups in total. The van der Waals surface area contributed by atoms with Gasteiger partial charge in [0, 0.05) is 43.6 Å². The third-order valence-electron chi connectivity index (χ3n) is 12.9. The number of fused-ring (bicyclic) bond motifs is 15. The van der Waals surface area contributed by atoms with Crippen molar-refractivity contribution in [2.75, 3.05) is 4.90 Å². The molecule has 5 nitrogen and oxygen atoms in total. The normalized spacial score (nSPS) is 13.6. The smallest absolute Gasteiger partial charge is 0.235 e. The number of hydrogen-bond acceptors (Lipinski definition) is 4. The first-order valence-corrected chi connectivity index (χ1v) is 20.6. The average Bonchev–Trinajstić information content (AvgIpc) is 3.85. The summed E-state index contributed by atoms with van der Waals surface area (Å²) in [5.41, 5.74) is 12.0. The minimum Gasteiger partial charge on any atom is -0.454 e. The molecule has 0 unspecified atom stereocenters. The highest BCUT2D eigenvalue weighted by Gasteiger charge is 2.42. The molecule has 0 fully saturated rings. The van der Waals surface area contributed by atoms with Crippen molar-refractivity contribution < 1.29 is 4.42 Å². The van der Waals surface area contributed by atoms with E-state index < -0.39 is 0 Å². The zero-order valence-corrected chi connectivity index (χ0v) is 33.0. The predicted molar refractivity (Wildman–Crippen MR) is 248 cm³/mol. The van der Waals surface area contributed by atoms with Crippen LogP contribution in [-0.2, 0) is 5.41 Å². The van der Waals surface area contributed by atoms with Gasteiger partial charge in [-0.05, 0) is 81.2 Å². The van der Waals surface area contributed by atoms with Crippen LogP contribution in [0.4, 0.5) is 17.3 Å². The van der Waals surface area contributed by atoms with Crippen molar-refractivity contribution in [1.29, 1.82) is 0 Å². The number of anilines is 3. The molecule has 5 heteroatoms. The van der Waals surface area contributed by atoms with Crippen molar-refractivity contribution in [3.8, 4) is 16.9 Å². The second kappa shape index (κ2) is 12.1. The predicted octanol–water partition coefficient (Wildman–Crippen LogP) is 14.7. The highest BCUT2D eigenvalue weighted by atomic mass is 16.3. The summed E-state index contributed by atoms with van der Waals surface area (Å²) < 4.78 is 9.37. The van der Waals surface area contributed by atoms with Crippen molar-refractivity contribution in [1.82, 2.24) is 14.5 Å². The van der Waals surface area contributed by atoms with E-state index in [2.05, 4.69) is 199 Å². The Labute approximate surface area is 345 Å². The molecule has 0 amide bonds. The molecule has 3 aromatic heterocycles. The minimum atomic E-state index is -0.372. The van der Waals surface area contributed by atoms with Crippen LogP contribution in [0.2, 0.25) is 0 Å².